The number of hydrogen-bond donors (Lipinski definition) is 0. The summed E-state index contributed by atoms with van der Waals surface area (Å²) < 4.78 is 5.96. The molecule has 0 aromatic heterocycles. The lowest BCUT2D eigenvalue weighted by Crippen LogP contribution is -1.86. The summed E-state index contributed by atoms with van der Waals surface area (Å²) in [6.45, 7) is 0. The maximum Gasteiger partial charge on any atom is 0.141 e. The van der Waals surface area contributed by atoms with Gasteiger partial charge < -0.3 is 4.74 Å². The molecule has 2 heteroatoms. The van der Waals surface area contributed by atoms with E-state index in [4.69, 9.17) is 4.74 Å². The summed E-state index contributed by atoms with van der Waals surface area (Å²) in [5, 5.41) is 0. The molecular weight excluding hydrogens is 264 g/mol. The van der Waals surface area contributed by atoms with Gasteiger partial charge in [0.1, 0.15) is 11.5 Å². The van der Waals surface area contributed by atoms with Crippen LogP contribution in [-0.4, -0.2) is 0 Å². The van der Waals surface area contributed by atoms with Gasteiger partial charge in [0.05, 0.1) is 4.90 Å². The molecule has 0 amide bonds. The molecule has 0 saturated carbocycles. The van der Waals surface area contributed by atoms with E-state index in [9.17, 15) is 0 Å². The summed E-state index contributed by atoms with van der Waals surface area (Å²) in [6.07, 6.45) is 0. The van der Waals surface area contributed by atoms with Gasteiger partial charge in [-0.05, 0) is 36.4 Å². The van der Waals surface area contributed by atoms with Crippen molar-refractivity contribution in [3.63, 3.8) is 0 Å². The van der Waals surface area contributed by atoms with Crippen LogP contribution < -0.4 is 4.74 Å². The molecule has 98 valence electrons. The van der Waals surface area contributed by atoms with Gasteiger partial charge in [0.2, 0.25) is 0 Å². The number of hydrogen-bond acceptors (Lipinski definition) is 2. The molecule has 0 spiro atoms. The predicted molar refractivity (Wildman–Crippen MR) is 83.5 cm³/mol. The Bertz CT molecular complexity index is 605. The standard InChI is InChI=1S/C18H14OS/c1-3-9-15(10-4-1)19-17-13-7-8-14-18(17)20-16-11-5-2-6-12-16/h1-14H. The zero-order valence-corrected chi connectivity index (χ0v) is 11.7. The normalized spacial score (nSPS) is 10.2. The lowest BCUT2D eigenvalue weighted by Gasteiger charge is -2.10. The Labute approximate surface area is 123 Å². The zero-order valence-electron chi connectivity index (χ0n) is 10.9. The average Bonchev–Trinajstić information content (AvgIpc) is 2.51. The van der Waals surface area contributed by atoms with Crippen LogP contribution in [-0.2, 0) is 0 Å². The van der Waals surface area contributed by atoms with Gasteiger partial charge in [-0.25, -0.2) is 0 Å². The minimum atomic E-state index is 0.855. The minimum absolute atomic E-state index is 0.855. The second kappa shape index (κ2) is 6.31. The summed E-state index contributed by atoms with van der Waals surface area (Å²) >= 11 is 1.71. The van der Waals surface area contributed by atoms with Crippen LogP contribution in [0.5, 0.6) is 11.5 Å². The monoisotopic (exact) mass is 278 g/mol. The first-order valence-electron chi connectivity index (χ1n) is 6.47. The predicted octanol–water partition coefficient (Wildman–Crippen LogP) is 5.63. The van der Waals surface area contributed by atoms with Gasteiger partial charge in [-0.2, -0.15) is 0 Å². The van der Waals surface area contributed by atoms with Gasteiger partial charge in [-0.3, -0.25) is 0 Å². The lowest BCUT2D eigenvalue weighted by molar-refractivity contribution is 0.471. The van der Waals surface area contributed by atoms with Gasteiger partial charge in [0, 0.05) is 4.90 Å². The fourth-order valence-electron chi connectivity index (χ4n) is 1.85. The van der Waals surface area contributed by atoms with E-state index >= 15 is 0 Å². The molecule has 20 heavy (non-hydrogen) atoms. The number of benzene rings is 3. The third-order valence-electron chi connectivity index (χ3n) is 2.79. The Morgan fingerprint density at radius 3 is 1.95 bits per heavy atom. The minimum Gasteiger partial charge on any atom is -0.456 e. The first-order chi connectivity index (χ1) is 9.92. The van der Waals surface area contributed by atoms with Crippen LogP contribution in [0.25, 0.3) is 0 Å². The largest absolute Gasteiger partial charge is 0.456 e. The van der Waals surface area contributed by atoms with Crippen LogP contribution >= 0.6 is 11.8 Å². The summed E-state index contributed by atoms with van der Waals surface area (Å²) in [6, 6.07) is 28.3. The van der Waals surface area contributed by atoms with Gasteiger partial charge in [-0.15, -0.1) is 0 Å². The zero-order chi connectivity index (χ0) is 13.6. The number of ether oxygens (including phenoxy) is 1. The second-order valence-corrected chi connectivity index (χ2v) is 5.39. The fourth-order valence-corrected chi connectivity index (χ4v) is 2.75. The van der Waals surface area contributed by atoms with Crippen molar-refractivity contribution in [3.8, 4) is 11.5 Å². The number of para-hydroxylation sites is 2. The Morgan fingerprint density at radius 2 is 1.20 bits per heavy atom. The molecule has 0 aliphatic rings. The molecule has 0 saturated heterocycles. The van der Waals surface area contributed by atoms with E-state index in [2.05, 4.69) is 18.2 Å². The van der Waals surface area contributed by atoms with Crippen LogP contribution in [0.3, 0.4) is 0 Å². The van der Waals surface area contributed by atoms with Crippen molar-refractivity contribution in [2.24, 2.45) is 0 Å². The average molecular weight is 278 g/mol. The first-order valence-corrected chi connectivity index (χ1v) is 7.28. The molecule has 0 atom stereocenters. The molecule has 0 bridgehead atoms. The van der Waals surface area contributed by atoms with Gasteiger partial charge in [0.15, 0.2) is 0 Å². The van der Waals surface area contributed by atoms with E-state index in [1.54, 1.807) is 11.8 Å². The van der Waals surface area contributed by atoms with Crippen LogP contribution in [0.4, 0.5) is 0 Å². The SMILES string of the molecule is c1ccc(Oc2ccccc2Sc2ccccc2)cc1. The smallest absolute Gasteiger partial charge is 0.141 e. The fraction of sp³-hybridized carbons (Fsp3) is 0. The highest BCUT2D eigenvalue weighted by Gasteiger charge is 2.05. The highest BCUT2D eigenvalue weighted by Crippen LogP contribution is 2.36. The van der Waals surface area contributed by atoms with E-state index < -0.39 is 0 Å². The molecule has 0 unspecified atom stereocenters. The van der Waals surface area contributed by atoms with Crippen molar-refractivity contribution >= 4 is 11.8 Å². The molecule has 0 N–H and O–H groups in total. The molecule has 0 radical (unpaired) electrons. The number of rotatable bonds is 4. The van der Waals surface area contributed by atoms with Crippen LogP contribution in [0.1, 0.15) is 0 Å². The van der Waals surface area contributed by atoms with Gasteiger partial charge in [-0.1, -0.05) is 60.3 Å². The Morgan fingerprint density at radius 1 is 0.600 bits per heavy atom. The third kappa shape index (κ3) is 3.22. The van der Waals surface area contributed by atoms with Crippen molar-refractivity contribution in [2.75, 3.05) is 0 Å². The van der Waals surface area contributed by atoms with Crippen molar-refractivity contribution in [1.29, 1.82) is 0 Å². The first kappa shape index (κ1) is 12.8. The molecule has 3 rings (SSSR count). The summed E-state index contributed by atoms with van der Waals surface area (Å²) in [5.74, 6) is 1.74. The maximum atomic E-state index is 5.96. The highest BCUT2D eigenvalue weighted by atomic mass is 32.2. The lowest BCUT2D eigenvalue weighted by atomic mass is 10.3. The highest BCUT2D eigenvalue weighted by molar-refractivity contribution is 7.99. The topological polar surface area (TPSA) is 9.23 Å². The Kier molecular flexibility index (Phi) is 4.04. The Hall–Kier alpha value is -2.19. The summed E-state index contributed by atoms with van der Waals surface area (Å²) in [7, 11) is 0. The maximum absolute atomic E-state index is 5.96. The third-order valence-corrected chi connectivity index (χ3v) is 3.86. The van der Waals surface area contributed by atoms with E-state index in [-0.39, 0.29) is 0 Å². The van der Waals surface area contributed by atoms with E-state index in [1.807, 2.05) is 66.7 Å². The Balaban J connectivity index is 1.85. The van der Waals surface area contributed by atoms with Crippen molar-refractivity contribution in [3.05, 3.63) is 84.9 Å². The molecule has 3 aromatic carbocycles. The molecule has 0 aliphatic heterocycles. The van der Waals surface area contributed by atoms with Crippen LogP contribution in [0.15, 0.2) is 94.7 Å². The molecular formula is C18H14OS. The van der Waals surface area contributed by atoms with Crippen LogP contribution in [0.2, 0.25) is 0 Å². The quantitative estimate of drug-likeness (QED) is 0.611. The van der Waals surface area contributed by atoms with Crippen molar-refractivity contribution < 1.29 is 4.74 Å². The van der Waals surface area contributed by atoms with E-state index in [1.165, 1.54) is 4.90 Å². The molecule has 0 aliphatic carbocycles. The second-order valence-electron chi connectivity index (χ2n) is 4.28. The van der Waals surface area contributed by atoms with E-state index in [0.29, 0.717) is 0 Å². The summed E-state index contributed by atoms with van der Waals surface area (Å²) in [5.41, 5.74) is 0. The van der Waals surface area contributed by atoms with Crippen molar-refractivity contribution in [1.82, 2.24) is 0 Å². The van der Waals surface area contributed by atoms with Gasteiger partial charge in [0.25, 0.3) is 0 Å². The van der Waals surface area contributed by atoms with Crippen molar-refractivity contribution in [2.45, 2.75) is 9.79 Å². The molecule has 3 aromatic rings. The molecule has 0 fully saturated rings. The van der Waals surface area contributed by atoms with Crippen LogP contribution in [0, 0.1) is 0 Å². The van der Waals surface area contributed by atoms with E-state index in [0.717, 1.165) is 16.4 Å². The van der Waals surface area contributed by atoms with Gasteiger partial charge >= 0.3 is 0 Å². The summed E-state index contributed by atoms with van der Waals surface area (Å²) in [4.78, 5) is 2.32. The molecule has 0 heterocycles. The molecule has 1 nitrogen and oxygen atoms in total.